The van der Waals surface area contributed by atoms with Gasteiger partial charge in [-0.15, -0.1) is 0 Å². The number of nitrogens with zero attached hydrogens (tertiary/aromatic N) is 2. The van der Waals surface area contributed by atoms with E-state index in [-0.39, 0.29) is 12.5 Å². The van der Waals surface area contributed by atoms with Crippen molar-refractivity contribution in [2.24, 2.45) is 11.3 Å². The van der Waals surface area contributed by atoms with Crippen LogP contribution in [0.25, 0.3) is 0 Å². The summed E-state index contributed by atoms with van der Waals surface area (Å²) in [5, 5.41) is 12.2. The van der Waals surface area contributed by atoms with Crippen molar-refractivity contribution in [3.8, 4) is 5.88 Å². The number of carbonyl (C=O) groups is 3. The third-order valence-corrected chi connectivity index (χ3v) is 5.42. The summed E-state index contributed by atoms with van der Waals surface area (Å²) in [6, 6.07) is 3.48. The Balaban J connectivity index is 2.05. The van der Waals surface area contributed by atoms with Crippen molar-refractivity contribution >= 4 is 33.9 Å². The van der Waals surface area contributed by atoms with E-state index in [1.807, 2.05) is 6.07 Å². The molecule has 3 atom stereocenters. The maximum Gasteiger partial charge on any atom is 0.407 e. The van der Waals surface area contributed by atoms with Crippen LogP contribution in [0.1, 0.15) is 33.6 Å². The molecule has 0 aromatic carbocycles. The zero-order valence-corrected chi connectivity index (χ0v) is 19.1. The third-order valence-electron chi connectivity index (χ3n) is 4.98. The number of likely N-dealkylation sites (tertiary alicyclic amines) is 1. The molecule has 2 N–H and O–H groups in total. The van der Waals surface area contributed by atoms with Crippen LogP contribution < -0.4 is 10.1 Å². The highest BCUT2D eigenvalue weighted by Gasteiger charge is 2.44. The summed E-state index contributed by atoms with van der Waals surface area (Å²) in [4.78, 5) is 42.2. The smallest absolute Gasteiger partial charge is 0.407 e. The molecule has 1 aromatic heterocycles. The number of aliphatic carboxylic acids is 1. The fourth-order valence-electron chi connectivity index (χ4n) is 3.40. The third kappa shape index (κ3) is 6.32. The van der Waals surface area contributed by atoms with E-state index in [0.29, 0.717) is 29.9 Å². The van der Waals surface area contributed by atoms with Gasteiger partial charge in [-0.25, -0.2) is 14.6 Å². The molecule has 0 bridgehead atoms. The molecule has 9 nitrogen and oxygen atoms in total. The molecule has 1 aliphatic rings. The molecule has 30 heavy (non-hydrogen) atoms. The first-order chi connectivity index (χ1) is 14.0. The van der Waals surface area contributed by atoms with Gasteiger partial charge in [0.1, 0.15) is 16.7 Å². The van der Waals surface area contributed by atoms with Crippen molar-refractivity contribution < 1.29 is 29.0 Å². The maximum absolute atomic E-state index is 13.2. The predicted octanol–water partition coefficient (Wildman–Crippen LogP) is 2.69. The number of carboxylic acids is 1. The van der Waals surface area contributed by atoms with Crippen LogP contribution in [-0.2, 0) is 14.3 Å². The first kappa shape index (κ1) is 23.9. The van der Waals surface area contributed by atoms with E-state index < -0.39 is 35.5 Å². The fraction of sp³-hybridized carbons (Fsp3) is 0.600. The van der Waals surface area contributed by atoms with Crippen LogP contribution in [0.5, 0.6) is 5.88 Å². The minimum absolute atomic E-state index is 0.0408. The van der Waals surface area contributed by atoms with Crippen LogP contribution in [0.2, 0.25) is 0 Å². The Morgan fingerprint density at radius 3 is 2.63 bits per heavy atom. The molecule has 0 aliphatic carbocycles. The lowest BCUT2D eigenvalue weighted by molar-refractivity contribution is -0.150. The molecule has 1 aromatic rings. The Bertz CT molecular complexity index is 782. The second kappa shape index (κ2) is 10.1. The molecule has 2 amide bonds. The van der Waals surface area contributed by atoms with Gasteiger partial charge in [-0.3, -0.25) is 4.79 Å². The molecule has 1 saturated heterocycles. The molecule has 0 spiro atoms. The summed E-state index contributed by atoms with van der Waals surface area (Å²) in [5.74, 6) is -1.07. The second-order valence-electron chi connectivity index (χ2n) is 8.32. The van der Waals surface area contributed by atoms with Gasteiger partial charge in [-0.05, 0) is 46.2 Å². The van der Waals surface area contributed by atoms with Gasteiger partial charge in [0.05, 0.1) is 13.7 Å². The molecule has 10 heteroatoms. The first-order valence-electron chi connectivity index (χ1n) is 9.66. The average Bonchev–Trinajstić information content (AvgIpc) is 3.09. The van der Waals surface area contributed by atoms with E-state index in [9.17, 15) is 19.5 Å². The summed E-state index contributed by atoms with van der Waals surface area (Å²) in [6.45, 7) is 6.03. The number of alkyl carbamates (subject to hydrolysis) is 1. The van der Waals surface area contributed by atoms with Crippen LogP contribution in [0.15, 0.2) is 22.8 Å². The van der Waals surface area contributed by atoms with Gasteiger partial charge in [0.15, 0.2) is 0 Å². The number of ether oxygens (including phenoxy) is 2. The zero-order chi connectivity index (χ0) is 22.5. The molecule has 1 aliphatic heterocycles. The van der Waals surface area contributed by atoms with Gasteiger partial charge in [0, 0.05) is 12.6 Å². The average molecular weight is 486 g/mol. The largest absolute Gasteiger partial charge is 0.480 e. The number of carboxylic acid groups (broad SMARTS) is 1. The number of aromatic nitrogens is 1. The number of hydrogen-bond acceptors (Lipinski definition) is 6. The van der Waals surface area contributed by atoms with Crippen LogP contribution in [0.3, 0.4) is 0 Å². The standard InChI is InChI=1S/C20H28BrN3O6/c1-20(2,3)16(23-19(28)29-4)17(25)24-11-12(10-13(24)18(26)27)8-9-30-15-7-5-6-14(21)22-15/h5-7,12-13,16H,8-11H2,1-4H3,(H,23,28)(H,26,27)/t12?,13-,16+/m0/s1. The Hall–Kier alpha value is -2.36. The number of rotatable bonds is 7. The van der Waals surface area contributed by atoms with E-state index in [4.69, 9.17) is 4.74 Å². The molecular weight excluding hydrogens is 458 g/mol. The Morgan fingerprint density at radius 2 is 2.07 bits per heavy atom. The van der Waals surface area contributed by atoms with Crippen molar-refractivity contribution in [2.75, 3.05) is 20.3 Å². The molecule has 1 fully saturated rings. The first-order valence-corrected chi connectivity index (χ1v) is 10.5. The number of carbonyl (C=O) groups excluding carboxylic acids is 2. The highest BCUT2D eigenvalue weighted by Crippen LogP contribution is 2.30. The van der Waals surface area contributed by atoms with Gasteiger partial charge in [0.25, 0.3) is 0 Å². The lowest BCUT2D eigenvalue weighted by Gasteiger charge is -2.34. The van der Waals surface area contributed by atoms with Crippen molar-refractivity contribution in [3.63, 3.8) is 0 Å². The van der Waals surface area contributed by atoms with Crippen LogP contribution in [0, 0.1) is 11.3 Å². The van der Waals surface area contributed by atoms with Gasteiger partial charge in [0.2, 0.25) is 11.8 Å². The second-order valence-corrected chi connectivity index (χ2v) is 9.13. The number of hydrogen-bond donors (Lipinski definition) is 2. The lowest BCUT2D eigenvalue weighted by atomic mass is 9.85. The van der Waals surface area contributed by atoms with E-state index in [1.165, 1.54) is 12.0 Å². The Morgan fingerprint density at radius 1 is 1.37 bits per heavy atom. The van der Waals surface area contributed by atoms with Gasteiger partial charge in [-0.2, -0.15) is 0 Å². The van der Waals surface area contributed by atoms with Crippen LogP contribution >= 0.6 is 15.9 Å². The predicted molar refractivity (Wildman–Crippen MR) is 112 cm³/mol. The number of methoxy groups -OCH3 is 1. The summed E-state index contributed by atoms with van der Waals surface area (Å²) < 4.78 is 10.9. The quantitative estimate of drug-likeness (QED) is 0.569. The molecule has 1 unspecified atom stereocenters. The van der Waals surface area contributed by atoms with Crippen molar-refractivity contribution in [2.45, 2.75) is 45.7 Å². The monoisotopic (exact) mass is 485 g/mol. The molecule has 166 valence electrons. The van der Waals surface area contributed by atoms with Gasteiger partial charge < -0.3 is 24.8 Å². The maximum atomic E-state index is 13.2. The van der Waals surface area contributed by atoms with Gasteiger partial charge >= 0.3 is 12.1 Å². The molecule has 2 rings (SSSR count). The summed E-state index contributed by atoms with van der Waals surface area (Å²) in [6.07, 6.45) is 0.165. The summed E-state index contributed by atoms with van der Waals surface area (Å²) in [7, 11) is 1.21. The number of halogens is 1. The van der Waals surface area contributed by atoms with E-state index in [1.54, 1.807) is 32.9 Å². The van der Waals surface area contributed by atoms with E-state index in [0.717, 1.165) is 0 Å². The summed E-state index contributed by atoms with van der Waals surface area (Å²) in [5.41, 5.74) is -0.623. The number of pyridine rings is 1. The van der Waals surface area contributed by atoms with Crippen LogP contribution in [0.4, 0.5) is 4.79 Å². The molecule has 0 saturated carbocycles. The Kier molecular flexibility index (Phi) is 8.05. The van der Waals surface area contributed by atoms with Crippen LogP contribution in [-0.4, -0.2) is 65.3 Å². The van der Waals surface area contributed by atoms with E-state index in [2.05, 4.69) is 31.0 Å². The van der Waals surface area contributed by atoms with Gasteiger partial charge in [-0.1, -0.05) is 26.8 Å². The van der Waals surface area contributed by atoms with Crippen molar-refractivity contribution in [3.05, 3.63) is 22.8 Å². The SMILES string of the molecule is COC(=O)N[C@H](C(=O)N1CC(CCOc2cccc(Br)n2)C[C@H]1C(=O)O)C(C)(C)C. The minimum Gasteiger partial charge on any atom is -0.480 e. The zero-order valence-electron chi connectivity index (χ0n) is 17.6. The van der Waals surface area contributed by atoms with E-state index >= 15 is 0 Å². The number of amides is 2. The number of nitrogens with one attached hydrogen (secondary N) is 1. The Labute approximate surface area is 184 Å². The highest BCUT2D eigenvalue weighted by molar-refractivity contribution is 9.10. The molecule has 2 heterocycles. The van der Waals surface area contributed by atoms with Crippen molar-refractivity contribution in [1.82, 2.24) is 15.2 Å². The normalized spacial score (nSPS) is 19.8. The topological polar surface area (TPSA) is 118 Å². The molecule has 0 radical (unpaired) electrons. The minimum atomic E-state index is -1.06. The highest BCUT2D eigenvalue weighted by atomic mass is 79.9. The fourth-order valence-corrected chi connectivity index (χ4v) is 3.73. The van der Waals surface area contributed by atoms with Crippen molar-refractivity contribution in [1.29, 1.82) is 0 Å². The lowest BCUT2D eigenvalue weighted by Crippen LogP contribution is -2.56. The summed E-state index contributed by atoms with van der Waals surface area (Å²) >= 11 is 3.28. The molecular formula is C20H28BrN3O6.